The van der Waals surface area contributed by atoms with Gasteiger partial charge in [0.2, 0.25) is 0 Å². The van der Waals surface area contributed by atoms with Crippen molar-refractivity contribution < 1.29 is 4.39 Å². The Kier molecular flexibility index (Phi) is 2.29. The molecular weight excluding hydrogens is 211 g/mol. The molecule has 0 unspecified atom stereocenters. The summed E-state index contributed by atoms with van der Waals surface area (Å²) >= 11 is 0. The van der Waals surface area contributed by atoms with E-state index < -0.39 is 0 Å². The molecule has 17 heavy (non-hydrogen) atoms. The summed E-state index contributed by atoms with van der Waals surface area (Å²) < 4.78 is 14.1. The van der Waals surface area contributed by atoms with E-state index in [1.54, 1.807) is 0 Å². The maximum absolute atomic E-state index is 14.1. The molecule has 1 aliphatic rings. The van der Waals surface area contributed by atoms with Crippen LogP contribution in [0.15, 0.2) is 30.3 Å². The summed E-state index contributed by atoms with van der Waals surface area (Å²) in [4.78, 5) is 0. The molecule has 1 aliphatic carbocycles. The van der Waals surface area contributed by atoms with Crippen molar-refractivity contribution in [3.05, 3.63) is 58.4 Å². The monoisotopic (exact) mass is 226 g/mol. The summed E-state index contributed by atoms with van der Waals surface area (Å²) in [7, 11) is 0. The maximum atomic E-state index is 14.1. The average Bonchev–Trinajstić information content (AvgIpc) is 2.33. The summed E-state index contributed by atoms with van der Waals surface area (Å²) in [6, 6.07) is 10.4. The van der Waals surface area contributed by atoms with Crippen LogP contribution in [0.2, 0.25) is 0 Å². The second-order valence-electron chi connectivity index (χ2n) is 4.88. The molecule has 0 aromatic heterocycles. The van der Waals surface area contributed by atoms with Crippen molar-refractivity contribution in [2.24, 2.45) is 0 Å². The van der Waals surface area contributed by atoms with Crippen molar-refractivity contribution in [3.63, 3.8) is 0 Å². The smallest absolute Gasteiger partial charge is 0.129 e. The van der Waals surface area contributed by atoms with Gasteiger partial charge in [0.15, 0.2) is 0 Å². The molecule has 0 saturated carbocycles. The number of aryl methyl sites for hydroxylation is 3. The van der Waals surface area contributed by atoms with Crippen LogP contribution < -0.4 is 0 Å². The van der Waals surface area contributed by atoms with Gasteiger partial charge in [-0.2, -0.15) is 0 Å². The molecule has 0 aliphatic heterocycles. The number of hydrogen-bond acceptors (Lipinski definition) is 0. The molecule has 0 atom stereocenters. The fourth-order valence-electron chi connectivity index (χ4n) is 2.69. The summed E-state index contributed by atoms with van der Waals surface area (Å²) in [5.74, 6) is -0.0197. The van der Waals surface area contributed by atoms with Gasteiger partial charge in [0.25, 0.3) is 0 Å². The Morgan fingerprint density at radius 2 is 1.71 bits per heavy atom. The van der Waals surface area contributed by atoms with Gasteiger partial charge < -0.3 is 0 Å². The first-order valence-electron chi connectivity index (χ1n) is 6.04. The third-order valence-electron chi connectivity index (χ3n) is 3.63. The van der Waals surface area contributed by atoms with Crippen LogP contribution >= 0.6 is 0 Å². The quantitative estimate of drug-likeness (QED) is 0.631. The molecule has 0 saturated heterocycles. The van der Waals surface area contributed by atoms with Gasteiger partial charge in [0, 0.05) is 0 Å². The SMILES string of the molecule is Cc1ccc2c(c1)CCc1c-2ccc(C)c1F. The second-order valence-corrected chi connectivity index (χ2v) is 4.88. The maximum Gasteiger partial charge on any atom is 0.129 e. The van der Waals surface area contributed by atoms with E-state index in [2.05, 4.69) is 31.2 Å². The normalized spacial score (nSPS) is 13.1. The van der Waals surface area contributed by atoms with Crippen LogP contribution in [-0.2, 0) is 12.8 Å². The standard InChI is InChI=1S/C16H15F/c1-10-3-6-13-12(9-10)5-8-15-14(13)7-4-11(2)16(15)17/h3-4,6-7,9H,5,8H2,1-2H3. The first-order chi connectivity index (χ1) is 8.16. The molecule has 0 radical (unpaired) electrons. The van der Waals surface area contributed by atoms with Gasteiger partial charge >= 0.3 is 0 Å². The summed E-state index contributed by atoms with van der Waals surface area (Å²) in [6.45, 7) is 3.94. The molecule has 86 valence electrons. The molecular formula is C16H15F. The number of rotatable bonds is 0. The van der Waals surface area contributed by atoms with Crippen molar-refractivity contribution in [1.29, 1.82) is 0 Å². The van der Waals surface area contributed by atoms with Gasteiger partial charge in [-0.1, -0.05) is 35.9 Å². The highest BCUT2D eigenvalue weighted by Crippen LogP contribution is 2.35. The van der Waals surface area contributed by atoms with Crippen LogP contribution in [0.25, 0.3) is 11.1 Å². The van der Waals surface area contributed by atoms with E-state index in [0.717, 1.165) is 29.5 Å². The Balaban J connectivity index is 2.27. The first-order valence-corrected chi connectivity index (χ1v) is 6.04. The molecule has 0 fully saturated rings. The first kappa shape index (κ1) is 10.5. The van der Waals surface area contributed by atoms with E-state index in [1.165, 1.54) is 16.7 Å². The average molecular weight is 226 g/mol. The van der Waals surface area contributed by atoms with Crippen LogP contribution in [0.1, 0.15) is 22.3 Å². The van der Waals surface area contributed by atoms with Gasteiger partial charge in [-0.3, -0.25) is 0 Å². The van der Waals surface area contributed by atoms with E-state index in [4.69, 9.17) is 0 Å². The molecule has 0 bridgehead atoms. The van der Waals surface area contributed by atoms with E-state index in [1.807, 2.05) is 13.0 Å². The van der Waals surface area contributed by atoms with Crippen molar-refractivity contribution in [1.82, 2.24) is 0 Å². The Morgan fingerprint density at radius 3 is 2.53 bits per heavy atom. The van der Waals surface area contributed by atoms with Gasteiger partial charge in [-0.05, 0) is 54.5 Å². The largest absolute Gasteiger partial charge is 0.206 e. The van der Waals surface area contributed by atoms with Crippen LogP contribution in [0.3, 0.4) is 0 Å². The van der Waals surface area contributed by atoms with Gasteiger partial charge in [0.05, 0.1) is 0 Å². The van der Waals surface area contributed by atoms with Crippen molar-refractivity contribution in [2.45, 2.75) is 26.7 Å². The number of fused-ring (bicyclic) bond motifs is 3. The molecule has 1 heteroatoms. The summed E-state index contributed by atoms with van der Waals surface area (Å²) in [5.41, 5.74) is 6.55. The van der Waals surface area contributed by atoms with Gasteiger partial charge in [0.1, 0.15) is 5.82 Å². The lowest BCUT2D eigenvalue weighted by Gasteiger charge is -2.21. The van der Waals surface area contributed by atoms with Gasteiger partial charge in [-0.25, -0.2) is 4.39 Å². The highest BCUT2D eigenvalue weighted by molar-refractivity contribution is 5.74. The van der Waals surface area contributed by atoms with Crippen LogP contribution in [0.4, 0.5) is 4.39 Å². The van der Waals surface area contributed by atoms with Crippen LogP contribution in [0.5, 0.6) is 0 Å². The third-order valence-corrected chi connectivity index (χ3v) is 3.63. The topological polar surface area (TPSA) is 0 Å². The fraction of sp³-hybridized carbons (Fsp3) is 0.250. The Hall–Kier alpha value is -1.63. The number of halogens is 1. The highest BCUT2D eigenvalue weighted by Gasteiger charge is 2.19. The zero-order chi connectivity index (χ0) is 12.0. The molecule has 3 rings (SSSR count). The van der Waals surface area contributed by atoms with E-state index in [9.17, 15) is 4.39 Å². The minimum atomic E-state index is -0.0197. The van der Waals surface area contributed by atoms with Crippen LogP contribution in [0, 0.1) is 19.7 Å². The molecule has 0 N–H and O–H groups in total. The van der Waals surface area contributed by atoms with Crippen molar-refractivity contribution in [3.8, 4) is 11.1 Å². The van der Waals surface area contributed by atoms with Crippen molar-refractivity contribution in [2.75, 3.05) is 0 Å². The summed E-state index contributed by atoms with van der Waals surface area (Å²) in [5, 5.41) is 0. The Labute approximate surface area is 101 Å². The minimum Gasteiger partial charge on any atom is -0.206 e. The molecule has 0 nitrogen and oxygen atoms in total. The molecule has 2 aromatic carbocycles. The lowest BCUT2D eigenvalue weighted by molar-refractivity contribution is 0.599. The van der Waals surface area contributed by atoms with Gasteiger partial charge in [-0.15, -0.1) is 0 Å². The summed E-state index contributed by atoms with van der Waals surface area (Å²) in [6.07, 6.45) is 1.77. The Morgan fingerprint density at radius 1 is 0.941 bits per heavy atom. The predicted octanol–water partition coefficient (Wildman–Crippen LogP) is 4.21. The molecule has 0 heterocycles. The zero-order valence-corrected chi connectivity index (χ0v) is 10.2. The second kappa shape index (κ2) is 3.69. The minimum absolute atomic E-state index is 0.0197. The highest BCUT2D eigenvalue weighted by atomic mass is 19.1. The van der Waals surface area contributed by atoms with Crippen LogP contribution in [-0.4, -0.2) is 0 Å². The van der Waals surface area contributed by atoms with E-state index >= 15 is 0 Å². The lowest BCUT2D eigenvalue weighted by Crippen LogP contribution is -2.07. The predicted molar refractivity (Wildman–Crippen MR) is 68.7 cm³/mol. The van der Waals surface area contributed by atoms with E-state index in [0.29, 0.717) is 0 Å². The van der Waals surface area contributed by atoms with E-state index in [-0.39, 0.29) is 5.82 Å². The Bertz CT molecular complexity index is 597. The number of benzene rings is 2. The third kappa shape index (κ3) is 1.57. The number of hydrogen-bond donors (Lipinski definition) is 0. The lowest BCUT2D eigenvalue weighted by atomic mass is 9.84. The molecule has 0 amide bonds. The molecule has 2 aromatic rings. The fourth-order valence-corrected chi connectivity index (χ4v) is 2.69. The van der Waals surface area contributed by atoms with Crippen molar-refractivity contribution >= 4 is 0 Å². The molecule has 0 spiro atoms. The zero-order valence-electron chi connectivity index (χ0n) is 10.2.